The van der Waals surface area contributed by atoms with Gasteiger partial charge in [0.2, 0.25) is 0 Å². The van der Waals surface area contributed by atoms with Crippen LogP contribution in [0.3, 0.4) is 0 Å². The topological polar surface area (TPSA) is 140 Å². The van der Waals surface area contributed by atoms with Gasteiger partial charge in [-0.3, -0.25) is 19.2 Å². The van der Waals surface area contributed by atoms with E-state index in [4.69, 9.17) is 28.1 Å². The molecule has 5 atom stereocenters. The van der Waals surface area contributed by atoms with Crippen molar-refractivity contribution in [1.82, 2.24) is 4.98 Å². The molecule has 0 saturated carbocycles. The second-order valence-corrected chi connectivity index (χ2v) is 9.12. The van der Waals surface area contributed by atoms with Crippen molar-refractivity contribution in [2.45, 2.75) is 64.6 Å². The fourth-order valence-electron chi connectivity index (χ4n) is 4.55. The Hall–Kier alpha value is -4.25. The Balaban J connectivity index is 1.71. The van der Waals surface area contributed by atoms with Gasteiger partial charge in [-0.05, 0) is 23.3 Å². The smallest absolute Gasteiger partial charge is 0.303 e. The summed E-state index contributed by atoms with van der Waals surface area (Å²) in [5, 5.41) is 0. The number of oxazole rings is 1. The number of nitrogens with zero attached hydrogens (tertiary/aromatic N) is 1. The fourth-order valence-corrected chi connectivity index (χ4v) is 4.55. The van der Waals surface area contributed by atoms with Crippen LogP contribution in [-0.2, 0) is 49.3 Å². The molecule has 1 aliphatic heterocycles. The van der Waals surface area contributed by atoms with Crippen molar-refractivity contribution >= 4 is 35.0 Å². The average Bonchev–Trinajstić information content (AvgIpc) is 3.27. The van der Waals surface area contributed by atoms with Gasteiger partial charge in [-0.1, -0.05) is 36.4 Å². The molecule has 0 radical (unpaired) electrons. The molecule has 39 heavy (non-hydrogen) atoms. The molecule has 4 rings (SSSR count). The van der Waals surface area contributed by atoms with Crippen molar-refractivity contribution in [1.29, 1.82) is 0 Å². The minimum Gasteiger partial charge on any atom is -0.463 e. The van der Waals surface area contributed by atoms with Gasteiger partial charge in [-0.15, -0.1) is 0 Å². The van der Waals surface area contributed by atoms with Gasteiger partial charge < -0.3 is 28.1 Å². The Morgan fingerprint density at radius 2 is 1.46 bits per heavy atom. The third-order valence-electron chi connectivity index (χ3n) is 5.96. The van der Waals surface area contributed by atoms with E-state index in [1.807, 2.05) is 36.4 Å². The highest BCUT2D eigenvalue weighted by molar-refractivity contribution is 5.72. The van der Waals surface area contributed by atoms with E-state index in [2.05, 4.69) is 4.98 Å². The predicted octanol–water partition coefficient (Wildman–Crippen LogP) is 3.22. The van der Waals surface area contributed by atoms with Gasteiger partial charge in [-0.2, -0.15) is 0 Å². The molecule has 11 heteroatoms. The lowest BCUT2D eigenvalue weighted by Crippen LogP contribution is -2.59. The van der Waals surface area contributed by atoms with Crippen molar-refractivity contribution in [3.63, 3.8) is 0 Å². The summed E-state index contributed by atoms with van der Waals surface area (Å²) in [6, 6.07) is 14.7. The molecule has 3 aromatic rings. The molecule has 2 aromatic carbocycles. The van der Waals surface area contributed by atoms with Crippen LogP contribution in [-0.4, -0.2) is 59.9 Å². The normalized spacial score (nSPS) is 22.6. The van der Waals surface area contributed by atoms with E-state index in [9.17, 15) is 19.2 Å². The van der Waals surface area contributed by atoms with Crippen LogP contribution in [0.2, 0.25) is 0 Å². The van der Waals surface area contributed by atoms with E-state index in [1.54, 1.807) is 12.1 Å². The van der Waals surface area contributed by atoms with E-state index in [1.165, 1.54) is 27.7 Å². The van der Waals surface area contributed by atoms with E-state index < -0.39 is 54.4 Å². The molecule has 0 amide bonds. The SMILES string of the molecule is CC(=O)OC[C@H]1O[C@@H](c2cccc(Cc3nc4ccccc4o3)c2)[C@H](OC(C)=O)[C@@H](OC(C)=O)[C@@H]1OC(C)=O. The molecule has 0 aliphatic carbocycles. The second-order valence-electron chi connectivity index (χ2n) is 9.12. The van der Waals surface area contributed by atoms with Gasteiger partial charge in [0.05, 0.1) is 0 Å². The monoisotopic (exact) mass is 539 g/mol. The maximum absolute atomic E-state index is 12.1. The lowest BCUT2D eigenvalue weighted by molar-refractivity contribution is -0.254. The molecular formula is C28H29NO10. The average molecular weight is 540 g/mol. The number of rotatable bonds is 8. The first-order valence-corrected chi connectivity index (χ1v) is 12.3. The van der Waals surface area contributed by atoms with Crippen LogP contribution in [0.15, 0.2) is 52.9 Å². The lowest BCUT2D eigenvalue weighted by Gasteiger charge is -2.44. The zero-order valence-corrected chi connectivity index (χ0v) is 21.9. The molecule has 0 unspecified atom stereocenters. The third kappa shape index (κ3) is 6.99. The summed E-state index contributed by atoms with van der Waals surface area (Å²) in [6.07, 6.45) is -5.25. The highest BCUT2D eigenvalue weighted by Crippen LogP contribution is 2.38. The highest BCUT2D eigenvalue weighted by atomic mass is 16.7. The number of hydrogen-bond donors (Lipinski definition) is 0. The molecule has 0 spiro atoms. The number of carbonyl (C=O) groups excluding carboxylic acids is 4. The molecule has 1 aliphatic rings. The number of hydrogen-bond acceptors (Lipinski definition) is 11. The maximum atomic E-state index is 12.1. The molecule has 11 nitrogen and oxygen atoms in total. The van der Waals surface area contributed by atoms with Crippen LogP contribution in [0.4, 0.5) is 0 Å². The van der Waals surface area contributed by atoms with Crippen molar-refractivity contribution in [3.05, 3.63) is 65.5 Å². The predicted molar refractivity (Wildman–Crippen MR) is 134 cm³/mol. The maximum Gasteiger partial charge on any atom is 0.303 e. The lowest BCUT2D eigenvalue weighted by atomic mass is 9.89. The fraction of sp³-hybridized carbons (Fsp3) is 0.393. The van der Waals surface area contributed by atoms with Crippen LogP contribution in [0.1, 0.15) is 50.8 Å². The Bertz CT molecular complexity index is 1330. The summed E-state index contributed by atoms with van der Waals surface area (Å²) >= 11 is 0. The van der Waals surface area contributed by atoms with Crippen molar-refractivity contribution in [3.8, 4) is 0 Å². The molecule has 1 aromatic heterocycles. The van der Waals surface area contributed by atoms with Gasteiger partial charge in [0.15, 0.2) is 29.8 Å². The Morgan fingerprint density at radius 3 is 2.13 bits per heavy atom. The summed E-state index contributed by atoms with van der Waals surface area (Å²) < 4.78 is 33.8. The first-order chi connectivity index (χ1) is 18.6. The summed E-state index contributed by atoms with van der Waals surface area (Å²) in [5.74, 6) is -2.11. The zero-order chi connectivity index (χ0) is 28.1. The van der Waals surface area contributed by atoms with E-state index in [0.29, 0.717) is 23.5 Å². The Morgan fingerprint density at radius 1 is 0.795 bits per heavy atom. The number of carbonyl (C=O) groups is 4. The highest BCUT2D eigenvalue weighted by Gasteiger charge is 2.52. The number of benzene rings is 2. The number of aromatic nitrogens is 1. The summed E-state index contributed by atoms with van der Waals surface area (Å²) in [5.41, 5.74) is 2.82. The Labute approximate surface area is 224 Å². The minimum atomic E-state index is -1.24. The van der Waals surface area contributed by atoms with Crippen LogP contribution in [0, 0.1) is 0 Å². The zero-order valence-electron chi connectivity index (χ0n) is 21.9. The van der Waals surface area contributed by atoms with Crippen LogP contribution in [0.25, 0.3) is 11.1 Å². The van der Waals surface area contributed by atoms with Gasteiger partial charge in [0.1, 0.15) is 24.3 Å². The van der Waals surface area contributed by atoms with Gasteiger partial charge >= 0.3 is 23.9 Å². The van der Waals surface area contributed by atoms with Gasteiger partial charge in [-0.25, -0.2) is 4.98 Å². The number of para-hydroxylation sites is 2. The first-order valence-electron chi connectivity index (χ1n) is 12.3. The summed E-state index contributed by atoms with van der Waals surface area (Å²) in [4.78, 5) is 52.2. The molecule has 206 valence electrons. The molecule has 2 heterocycles. The van der Waals surface area contributed by atoms with Crippen molar-refractivity contribution < 1.29 is 47.3 Å². The molecule has 0 N–H and O–H groups in total. The first kappa shape index (κ1) is 27.8. The van der Waals surface area contributed by atoms with Crippen LogP contribution < -0.4 is 0 Å². The standard InChI is InChI=1S/C28H29NO10/c1-15(30)34-14-23-26(35-16(2)31)28(37-18(4)33)27(36-17(3)32)25(39-23)20-9-7-8-19(12-20)13-24-29-21-10-5-6-11-22(21)38-24/h5-12,23,25-28H,13-14H2,1-4H3/t23-,25+,26-,27+,28+/m1/s1. The molecule has 1 saturated heterocycles. The van der Waals surface area contributed by atoms with E-state index >= 15 is 0 Å². The molecule has 0 bridgehead atoms. The summed E-state index contributed by atoms with van der Waals surface area (Å²) in [6.45, 7) is 4.49. The molecule has 1 fully saturated rings. The van der Waals surface area contributed by atoms with Gasteiger partial charge in [0, 0.05) is 34.1 Å². The minimum absolute atomic E-state index is 0.295. The van der Waals surface area contributed by atoms with E-state index in [-0.39, 0.29) is 6.61 Å². The molecular weight excluding hydrogens is 510 g/mol. The number of ether oxygens (including phenoxy) is 5. The van der Waals surface area contributed by atoms with Crippen molar-refractivity contribution in [2.75, 3.05) is 6.61 Å². The number of fused-ring (bicyclic) bond motifs is 1. The van der Waals surface area contributed by atoms with Crippen LogP contribution in [0.5, 0.6) is 0 Å². The summed E-state index contributed by atoms with van der Waals surface area (Å²) in [7, 11) is 0. The Kier molecular flexibility index (Phi) is 8.60. The quantitative estimate of drug-likeness (QED) is 0.308. The second kappa shape index (κ2) is 12.1. The largest absolute Gasteiger partial charge is 0.463 e. The van der Waals surface area contributed by atoms with Crippen molar-refractivity contribution in [2.24, 2.45) is 0 Å². The van der Waals surface area contributed by atoms with E-state index in [0.717, 1.165) is 11.1 Å². The number of esters is 4. The third-order valence-corrected chi connectivity index (χ3v) is 5.96. The van der Waals surface area contributed by atoms with Gasteiger partial charge in [0.25, 0.3) is 0 Å². The van der Waals surface area contributed by atoms with Crippen LogP contribution >= 0.6 is 0 Å².